The molecule has 6 rings (SSSR count). The molecule has 4 heteroatoms. The van der Waals surface area contributed by atoms with Gasteiger partial charge in [0.25, 0.3) is 0 Å². The van der Waals surface area contributed by atoms with Crippen molar-refractivity contribution in [1.82, 2.24) is 0 Å². The van der Waals surface area contributed by atoms with Crippen LogP contribution in [-0.2, 0) is 19.4 Å². The standard InChI is InChI=1S/C39H34ClO2P/c40-43(37-20-10-3-11-21-37,38-22-12-4-13-23-38,39-24-14-5-15-25-39)31-34-26-35(41-29-32-16-6-1-7-17-32)28-36(27-34)42-30-33-18-8-2-9-19-33/h1-28H,29-31H2. The quantitative estimate of drug-likeness (QED) is 0.138. The second-order valence-electron chi connectivity index (χ2n) is 10.7. The van der Waals surface area contributed by atoms with Gasteiger partial charge in [0.15, 0.2) is 0 Å². The predicted octanol–water partition coefficient (Wildman–Crippen LogP) is 9.03. The summed E-state index contributed by atoms with van der Waals surface area (Å²) in [5, 5.41) is 3.36. The second kappa shape index (κ2) is 12.9. The Balaban J connectivity index is 1.48. The molecule has 0 atom stereocenters. The Morgan fingerprint density at radius 2 is 0.721 bits per heavy atom. The first-order valence-electron chi connectivity index (χ1n) is 14.5. The van der Waals surface area contributed by atoms with Crippen LogP contribution >= 0.6 is 17.2 Å². The van der Waals surface area contributed by atoms with Gasteiger partial charge in [-0.3, -0.25) is 0 Å². The van der Waals surface area contributed by atoms with E-state index < -0.39 is 5.96 Å². The second-order valence-corrected chi connectivity index (χ2v) is 17.2. The van der Waals surface area contributed by atoms with Gasteiger partial charge < -0.3 is 0 Å². The van der Waals surface area contributed by atoms with E-state index in [2.05, 4.69) is 109 Å². The fourth-order valence-electron chi connectivity index (χ4n) is 5.65. The summed E-state index contributed by atoms with van der Waals surface area (Å²) in [6.45, 7) is 0.923. The zero-order valence-corrected chi connectivity index (χ0v) is 25.6. The molecule has 0 saturated heterocycles. The molecule has 6 aromatic carbocycles. The number of ether oxygens (including phenoxy) is 2. The first kappa shape index (κ1) is 28.7. The fourth-order valence-corrected chi connectivity index (χ4v) is 11.8. The van der Waals surface area contributed by atoms with Crippen LogP contribution in [0, 0.1) is 0 Å². The van der Waals surface area contributed by atoms with Gasteiger partial charge in [-0.25, -0.2) is 0 Å². The van der Waals surface area contributed by atoms with Crippen molar-refractivity contribution in [2.75, 3.05) is 0 Å². The first-order valence-corrected chi connectivity index (χ1v) is 17.8. The maximum absolute atomic E-state index is 8.41. The summed E-state index contributed by atoms with van der Waals surface area (Å²) in [5.74, 6) is -2.05. The van der Waals surface area contributed by atoms with Gasteiger partial charge in [-0.1, -0.05) is 0 Å². The molecule has 0 fully saturated rings. The third-order valence-corrected chi connectivity index (χ3v) is 15.0. The number of halogens is 1. The monoisotopic (exact) mass is 600 g/mol. The van der Waals surface area contributed by atoms with Crippen LogP contribution in [0.1, 0.15) is 16.7 Å². The molecule has 6 aromatic rings. The molecule has 0 saturated carbocycles. The average molecular weight is 601 g/mol. The molecule has 0 N–H and O–H groups in total. The van der Waals surface area contributed by atoms with Crippen molar-refractivity contribution in [1.29, 1.82) is 0 Å². The van der Waals surface area contributed by atoms with Gasteiger partial charge in [-0.2, -0.15) is 0 Å². The molecule has 0 heterocycles. The van der Waals surface area contributed by atoms with Gasteiger partial charge in [-0.15, -0.1) is 0 Å². The van der Waals surface area contributed by atoms with Crippen LogP contribution < -0.4 is 25.4 Å². The molecule has 0 spiro atoms. The Labute approximate surface area is 259 Å². The van der Waals surface area contributed by atoms with Gasteiger partial charge in [0.1, 0.15) is 0 Å². The maximum atomic E-state index is 8.41. The third kappa shape index (κ3) is 6.22. The minimum atomic E-state index is -3.55. The van der Waals surface area contributed by atoms with E-state index in [9.17, 15) is 0 Å². The molecular formula is C39H34ClO2P. The Kier molecular flexibility index (Phi) is 8.61. The summed E-state index contributed by atoms with van der Waals surface area (Å²) in [6, 6.07) is 58.3. The summed E-state index contributed by atoms with van der Waals surface area (Å²) < 4.78 is 12.8. The summed E-state index contributed by atoms with van der Waals surface area (Å²) in [5.41, 5.74) is 3.27. The Morgan fingerprint density at radius 1 is 0.395 bits per heavy atom. The summed E-state index contributed by atoms with van der Waals surface area (Å²) in [6.07, 6.45) is 0.593. The van der Waals surface area contributed by atoms with Gasteiger partial charge in [-0.05, 0) is 0 Å². The van der Waals surface area contributed by atoms with Crippen LogP contribution in [0.25, 0.3) is 0 Å². The molecule has 0 bridgehead atoms. The van der Waals surface area contributed by atoms with E-state index in [1.165, 1.54) is 0 Å². The van der Waals surface area contributed by atoms with E-state index in [-0.39, 0.29) is 0 Å². The zero-order chi connectivity index (χ0) is 29.4. The molecular weight excluding hydrogens is 567 g/mol. The van der Waals surface area contributed by atoms with Crippen molar-refractivity contribution in [3.05, 3.63) is 187 Å². The first-order chi connectivity index (χ1) is 21.1. The number of benzene rings is 6. The Bertz CT molecular complexity index is 1580. The number of hydrogen-bond donors (Lipinski definition) is 0. The van der Waals surface area contributed by atoms with Gasteiger partial charge in [0.2, 0.25) is 0 Å². The summed E-state index contributed by atoms with van der Waals surface area (Å²) in [4.78, 5) is 0. The molecule has 43 heavy (non-hydrogen) atoms. The topological polar surface area (TPSA) is 18.5 Å². The van der Waals surface area contributed by atoms with Crippen molar-refractivity contribution in [3.63, 3.8) is 0 Å². The van der Waals surface area contributed by atoms with Crippen molar-refractivity contribution in [2.45, 2.75) is 19.4 Å². The normalized spacial score (nSPS) is 12.2. The van der Waals surface area contributed by atoms with Gasteiger partial charge in [0, 0.05) is 0 Å². The van der Waals surface area contributed by atoms with Crippen LogP contribution in [0.4, 0.5) is 0 Å². The average Bonchev–Trinajstić information content (AvgIpc) is 3.08. The van der Waals surface area contributed by atoms with Crippen molar-refractivity contribution < 1.29 is 9.47 Å². The van der Waals surface area contributed by atoms with Crippen LogP contribution in [0.15, 0.2) is 170 Å². The van der Waals surface area contributed by atoms with E-state index in [0.717, 1.165) is 44.1 Å². The summed E-state index contributed by atoms with van der Waals surface area (Å²) >= 11 is 8.41. The van der Waals surface area contributed by atoms with Crippen LogP contribution in [0.5, 0.6) is 11.5 Å². The number of hydrogen-bond acceptors (Lipinski definition) is 2. The molecule has 2 nitrogen and oxygen atoms in total. The van der Waals surface area contributed by atoms with E-state index in [1.54, 1.807) is 0 Å². The molecule has 0 aromatic heterocycles. The van der Waals surface area contributed by atoms with Crippen LogP contribution in [0.3, 0.4) is 0 Å². The Hall–Kier alpha value is -4.36. The molecule has 0 amide bonds. The SMILES string of the molecule is ClP(Cc1cc(OCc2ccccc2)cc(OCc2ccccc2)c1)(c1ccccc1)(c1ccccc1)c1ccccc1. The van der Waals surface area contributed by atoms with E-state index in [0.29, 0.717) is 19.4 Å². The molecule has 0 aliphatic rings. The van der Waals surface area contributed by atoms with Crippen LogP contribution in [-0.4, -0.2) is 0 Å². The van der Waals surface area contributed by atoms with Crippen molar-refractivity contribution >= 4 is 33.1 Å². The zero-order valence-electron chi connectivity index (χ0n) is 23.9. The van der Waals surface area contributed by atoms with E-state index >= 15 is 0 Å². The number of rotatable bonds is 11. The summed E-state index contributed by atoms with van der Waals surface area (Å²) in [7, 11) is 0. The Morgan fingerprint density at radius 3 is 1.07 bits per heavy atom. The molecule has 0 aliphatic carbocycles. The third-order valence-electron chi connectivity index (χ3n) is 7.80. The molecule has 0 aliphatic heterocycles. The molecule has 0 unspecified atom stereocenters. The van der Waals surface area contributed by atoms with Crippen LogP contribution in [0.2, 0.25) is 0 Å². The predicted molar refractivity (Wildman–Crippen MR) is 183 cm³/mol. The molecule has 214 valence electrons. The molecule has 0 radical (unpaired) electrons. The van der Waals surface area contributed by atoms with Gasteiger partial charge in [0.05, 0.1) is 0 Å². The van der Waals surface area contributed by atoms with Crippen molar-refractivity contribution in [2.24, 2.45) is 0 Å². The van der Waals surface area contributed by atoms with E-state index in [1.807, 2.05) is 60.7 Å². The van der Waals surface area contributed by atoms with Crippen molar-refractivity contribution in [3.8, 4) is 11.5 Å². The van der Waals surface area contributed by atoms with E-state index in [4.69, 9.17) is 20.7 Å². The van der Waals surface area contributed by atoms with Gasteiger partial charge >= 0.3 is 260 Å². The fraction of sp³-hybridized carbons (Fsp3) is 0.0769. The minimum absolute atomic E-state index is 0.461.